The summed E-state index contributed by atoms with van der Waals surface area (Å²) < 4.78 is 32.8. The molecule has 0 atom stereocenters. The normalized spacial score (nSPS) is 13.4. The molecule has 30 heavy (non-hydrogen) atoms. The van der Waals surface area contributed by atoms with Gasteiger partial charge in [-0.2, -0.15) is 0 Å². The van der Waals surface area contributed by atoms with Gasteiger partial charge in [-0.25, -0.2) is 8.42 Å². The Morgan fingerprint density at radius 3 is 2.43 bits per heavy atom. The molecule has 0 unspecified atom stereocenters. The van der Waals surface area contributed by atoms with Crippen LogP contribution in [-0.4, -0.2) is 28.0 Å². The van der Waals surface area contributed by atoms with Gasteiger partial charge in [-0.3, -0.25) is 9.10 Å². The molecule has 0 aromatic heterocycles. The van der Waals surface area contributed by atoms with E-state index >= 15 is 0 Å². The van der Waals surface area contributed by atoms with E-state index in [1.54, 1.807) is 73.8 Å². The second-order valence-electron chi connectivity index (χ2n) is 7.02. The Morgan fingerprint density at radius 1 is 1.00 bits per heavy atom. The lowest BCUT2D eigenvalue weighted by molar-refractivity contribution is 0.102. The van der Waals surface area contributed by atoms with Crippen LogP contribution in [-0.2, 0) is 16.4 Å². The Kier molecular flexibility index (Phi) is 5.46. The number of rotatable bonds is 5. The second-order valence-corrected chi connectivity index (χ2v) is 8.88. The maximum atomic E-state index is 13.1. The third-order valence-corrected chi connectivity index (χ3v) is 6.92. The van der Waals surface area contributed by atoms with E-state index in [9.17, 15) is 13.2 Å². The molecule has 7 heteroatoms. The van der Waals surface area contributed by atoms with Crippen molar-refractivity contribution in [3.05, 3.63) is 83.9 Å². The van der Waals surface area contributed by atoms with Gasteiger partial charge in [-0.1, -0.05) is 18.2 Å². The first-order valence-corrected chi connectivity index (χ1v) is 11.1. The van der Waals surface area contributed by atoms with E-state index < -0.39 is 10.0 Å². The van der Waals surface area contributed by atoms with Gasteiger partial charge in [0.15, 0.2) is 0 Å². The molecule has 0 bridgehead atoms. The summed E-state index contributed by atoms with van der Waals surface area (Å²) in [5.74, 6) is 0.447. The molecule has 3 aromatic carbocycles. The number of hydrogen-bond acceptors (Lipinski definition) is 4. The Bertz CT molecular complexity index is 1160. The molecule has 1 heterocycles. The molecular formula is C23H22N2O4S. The number of aryl methyl sites for hydroxylation is 1. The van der Waals surface area contributed by atoms with Crippen LogP contribution in [0.5, 0.6) is 5.75 Å². The lowest BCUT2D eigenvalue weighted by atomic mass is 10.0. The number of carbonyl (C=O) groups excluding carboxylic acids is 1. The number of fused-ring (bicyclic) bond motifs is 1. The highest BCUT2D eigenvalue weighted by molar-refractivity contribution is 7.92. The number of nitrogens with zero attached hydrogens (tertiary/aromatic N) is 1. The molecule has 0 radical (unpaired) electrons. The van der Waals surface area contributed by atoms with Gasteiger partial charge in [-0.05, 0) is 73.0 Å². The van der Waals surface area contributed by atoms with Crippen molar-refractivity contribution in [2.75, 3.05) is 23.3 Å². The average molecular weight is 423 g/mol. The topological polar surface area (TPSA) is 75.7 Å². The van der Waals surface area contributed by atoms with Gasteiger partial charge in [0.05, 0.1) is 17.7 Å². The molecule has 0 saturated carbocycles. The van der Waals surface area contributed by atoms with Gasteiger partial charge in [0, 0.05) is 17.8 Å². The quantitative estimate of drug-likeness (QED) is 0.672. The van der Waals surface area contributed by atoms with Crippen molar-refractivity contribution >= 4 is 27.3 Å². The van der Waals surface area contributed by atoms with E-state index in [2.05, 4.69) is 5.32 Å². The van der Waals surface area contributed by atoms with Crippen LogP contribution >= 0.6 is 0 Å². The van der Waals surface area contributed by atoms with Crippen LogP contribution in [0.1, 0.15) is 22.3 Å². The Hall–Kier alpha value is -3.32. The van der Waals surface area contributed by atoms with Crippen molar-refractivity contribution < 1.29 is 17.9 Å². The third-order valence-electron chi connectivity index (χ3n) is 5.10. The molecule has 0 saturated heterocycles. The highest BCUT2D eigenvalue weighted by atomic mass is 32.2. The van der Waals surface area contributed by atoms with Gasteiger partial charge in [-0.15, -0.1) is 0 Å². The zero-order valence-corrected chi connectivity index (χ0v) is 17.4. The fourth-order valence-electron chi connectivity index (χ4n) is 3.56. The predicted octanol–water partition coefficient (Wildman–Crippen LogP) is 4.09. The summed E-state index contributed by atoms with van der Waals surface area (Å²) in [4.78, 5) is 12.8. The second kappa shape index (κ2) is 8.20. The lowest BCUT2D eigenvalue weighted by Crippen LogP contribution is -2.35. The molecular weight excluding hydrogens is 400 g/mol. The number of sulfonamides is 1. The largest absolute Gasteiger partial charge is 0.497 e. The van der Waals surface area contributed by atoms with Crippen LogP contribution in [0, 0.1) is 0 Å². The van der Waals surface area contributed by atoms with E-state index in [1.807, 2.05) is 6.07 Å². The fraction of sp³-hybridized carbons (Fsp3) is 0.174. The van der Waals surface area contributed by atoms with Crippen LogP contribution in [0.3, 0.4) is 0 Å². The first-order valence-electron chi connectivity index (χ1n) is 9.65. The lowest BCUT2D eigenvalue weighted by Gasteiger charge is -2.30. The number of benzene rings is 3. The van der Waals surface area contributed by atoms with Crippen molar-refractivity contribution in [3.8, 4) is 5.75 Å². The van der Waals surface area contributed by atoms with Crippen molar-refractivity contribution in [3.63, 3.8) is 0 Å². The van der Waals surface area contributed by atoms with E-state index in [0.717, 1.165) is 18.4 Å². The van der Waals surface area contributed by atoms with Crippen LogP contribution in [0.4, 0.5) is 11.4 Å². The van der Waals surface area contributed by atoms with Gasteiger partial charge in [0.1, 0.15) is 5.75 Å². The van der Waals surface area contributed by atoms with Crippen LogP contribution in [0.25, 0.3) is 0 Å². The van der Waals surface area contributed by atoms with Crippen molar-refractivity contribution in [2.24, 2.45) is 0 Å². The predicted molar refractivity (Wildman–Crippen MR) is 117 cm³/mol. The number of anilines is 2. The fourth-order valence-corrected chi connectivity index (χ4v) is 5.12. The Morgan fingerprint density at radius 2 is 1.73 bits per heavy atom. The highest BCUT2D eigenvalue weighted by Gasteiger charge is 2.29. The molecule has 0 spiro atoms. The molecule has 1 amide bonds. The van der Waals surface area contributed by atoms with Crippen molar-refractivity contribution in [1.29, 1.82) is 0 Å². The number of amides is 1. The van der Waals surface area contributed by atoms with E-state index in [4.69, 9.17) is 4.74 Å². The molecule has 1 aliphatic heterocycles. The zero-order valence-electron chi connectivity index (χ0n) is 16.5. The number of methoxy groups -OCH3 is 1. The van der Waals surface area contributed by atoms with Crippen LogP contribution < -0.4 is 14.4 Å². The Balaban J connectivity index is 1.58. The van der Waals surface area contributed by atoms with Crippen molar-refractivity contribution in [1.82, 2.24) is 0 Å². The number of ether oxygens (including phenoxy) is 1. The molecule has 3 aromatic rings. The van der Waals surface area contributed by atoms with Gasteiger partial charge >= 0.3 is 0 Å². The van der Waals surface area contributed by atoms with E-state index in [0.29, 0.717) is 29.2 Å². The Labute approximate surface area is 176 Å². The monoisotopic (exact) mass is 422 g/mol. The van der Waals surface area contributed by atoms with Crippen LogP contribution in [0.15, 0.2) is 77.7 Å². The standard InChI is InChI=1S/C23H22N2O4S/c1-29-20-12-9-17(10-13-20)23(26)24-19-11-14-22-18(16-19)6-5-15-25(22)30(27,28)21-7-3-2-4-8-21/h2-4,7-14,16H,5-6,15H2,1H3,(H,24,26). The van der Waals surface area contributed by atoms with Gasteiger partial charge in [0.2, 0.25) is 0 Å². The van der Waals surface area contributed by atoms with Gasteiger partial charge in [0.25, 0.3) is 15.9 Å². The highest BCUT2D eigenvalue weighted by Crippen LogP contribution is 2.33. The maximum Gasteiger partial charge on any atom is 0.264 e. The minimum absolute atomic E-state index is 0.234. The zero-order chi connectivity index (χ0) is 21.1. The van der Waals surface area contributed by atoms with E-state index in [1.165, 1.54) is 4.31 Å². The molecule has 1 N–H and O–H groups in total. The minimum Gasteiger partial charge on any atom is -0.497 e. The van der Waals surface area contributed by atoms with E-state index in [-0.39, 0.29) is 10.8 Å². The smallest absolute Gasteiger partial charge is 0.264 e. The molecule has 154 valence electrons. The first kappa shape index (κ1) is 20.0. The summed E-state index contributed by atoms with van der Waals surface area (Å²) in [6.45, 7) is 0.432. The molecule has 6 nitrogen and oxygen atoms in total. The molecule has 4 rings (SSSR count). The number of carbonyl (C=O) groups is 1. The molecule has 0 fully saturated rings. The summed E-state index contributed by atoms with van der Waals surface area (Å²) >= 11 is 0. The van der Waals surface area contributed by atoms with Crippen molar-refractivity contribution in [2.45, 2.75) is 17.7 Å². The summed E-state index contributed by atoms with van der Waals surface area (Å²) in [6, 6.07) is 20.6. The molecule has 0 aliphatic carbocycles. The molecule has 1 aliphatic rings. The number of hydrogen-bond donors (Lipinski definition) is 1. The van der Waals surface area contributed by atoms with Crippen LogP contribution in [0.2, 0.25) is 0 Å². The SMILES string of the molecule is COc1ccc(C(=O)Nc2ccc3c(c2)CCCN3S(=O)(=O)c2ccccc2)cc1. The minimum atomic E-state index is -3.63. The maximum absolute atomic E-state index is 13.1. The average Bonchev–Trinajstić information content (AvgIpc) is 2.79. The summed E-state index contributed by atoms with van der Waals surface area (Å²) in [5.41, 5.74) is 2.70. The summed E-state index contributed by atoms with van der Waals surface area (Å²) in [5, 5.41) is 2.88. The first-order chi connectivity index (χ1) is 14.5. The summed E-state index contributed by atoms with van der Waals surface area (Å²) in [7, 11) is -2.05. The third kappa shape index (κ3) is 3.89. The van der Waals surface area contributed by atoms with Gasteiger partial charge < -0.3 is 10.1 Å². The summed E-state index contributed by atoms with van der Waals surface area (Å²) in [6.07, 6.45) is 1.47. The number of nitrogens with one attached hydrogen (secondary N) is 1.